The van der Waals surface area contributed by atoms with Crippen molar-refractivity contribution >= 4 is 6.21 Å². The molecular formula is C20H24N2O3. The number of benzene rings is 2. The Hall–Kier alpha value is -2.37. The van der Waals surface area contributed by atoms with Crippen molar-refractivity contribution in [1.29, 1.82) is 0 Å². The summed E-state index contributed by atoms with van der Waals surface area (Å²) in [6.07, 6.45) is 1.68. The minimum absolute atomic E-state index is 0.120. The van der Waals surface area contributed by atoms with E-state index in [0.29, 0.717) is 17.9 Å². The molecule has 1 fully saturated rings. The third kappa shape index (κ3) is 4.81. The number of aromatic hydroxyl groups is 1. The van der Waals surface area contributed by atoms with Crippen molar-refractivity contribution in [3.05, 3.63) is 59.2 Å². The van der Waals surface area contributed by atoms with Crippen LogP contribution in [0.4, 0.5) is 0 Å². The van der Waals surface area contributed by atoms with Crippen molar-refractivity contribution < 1.29 is 14.6 Å². The minimum atomic E-state index is 0.120. The number of hydrogen-bond acceptors (Lipinski definition) is 5. The van der Waals surface area contributed by atoms with E-state index in [2.05, 4.69) is 34.2 Å². The minimum Gasteiger partial charge on any atom is -0.504 e. The molecule has 1 N–H and O–H groups in total. The lowest BCUT2D eigenvalue weighted by atomic mass is 10.1. The van der Waals surface area contributed by atoms with E-state index in [4.69, 9.17) is 9.47 Å². The molecule has 0 bridgehead atoms. The molecule has 132 valence electrons. The number of aliphatic imine (C=N–C) groups is 1. The monoisotopic (exact) mass is 340 g/mol. The summed E-state index contributed by atoms with van der Waals surface area (Å²) in [5.74, 6) is 0.575. The van der Waals surface area contributed by atoms with Gasteiger partial charge in [0, 0.05) is 31.4 Å². The molecule has 0 aliphatic carbocycles. The van der Waals surface area contributed by atoms with E-state index in [1.54, 1.807) is 12.3 Å². The fraction of sp³-hybridized carbons (Fsp3) is 0.350. The summed E-state index contributed by atoms with van der Waals surface area (Å²) < 4.78 is 10.5. The Morgan fingerprint density at radius 1 is 1.12 bits per heavy atom. The van der Waals surface area contributed by atoms with E-state index in [-0.39, 0.29) is 5.75 Å². The van der Waals surface area contributed by atoms with Crippen molar-refractivity contribution in [2.75, 3.05) is 33.4 Å². The second-order valence-electron chi connectivity index (χ2n) is 6.07. The van der Waals surface area contributed by atoms with E-state index < -0.39 is 0 Å². The molecule has 0 atom stereocenters. The van der Waals surface area contributed by atoms with Crippen molar-refractivity contribution in [3.63, 3.8) is 0 Å². The highest BCUT2D eigenvalue weighted by molar-refractivity contribution is 5.84. The van der Waals surface area contributed by atoms with E-state index in [0.717, 1.165) is 38.4 Å². The molecule has 2 aromatic carbocycles. The number of para-hydroxylation sites is 1. The average molecular weight is 340 g/mol. The van der Waals surface area contributed by atoms with Gasteiger partial charge in [0.1, 0.15) is 0 Å². The fourth-order valence-corrected chi connectivity index (χ4v) is 2.83. The van der Waals surface area contributed by atoms with Crippen LogP contribution in [0.2, 0.25) is 0 Å². The number of phenolic OH excluding ortho intramolecular Hbond substituents is 1. The molecule has 1 aliphatic heterocycles. The molecule has 0 radical (unpaired) electrons. The van der Waals surface area contributed by atoms with Gasteiger partial charge in [-0.1, -0.05) is 30.3 Å². The first kappa shape index (κ1) is 17.5. The Morgan fingerprint density at radius 3 is 2.56 bits per heavy atom. The first-order chi connectivity index (χ1) is 12.3. The number of rotatable bonds is 6. The van der Waals surface area contributed by atoms with Crippen LogP contribution < -0.4 is 4.74 Å². The lowest BCUT2D eigenvalue weighted by molar-refractivity contribution is 0.0342. The van der Waals surface area contributed by atoms with Crippen molar-refractivity contribution in [2.45, 2.75) is 13.1 Å². The highest BCUT2D eigenvalue weighted by Crippen LogP contribution is 2.28. The zero-order chi connectivity index (χ0) is 17.5. The maximum absolute atomic E-state index is 10.0. The fourth-order valence-electron chi connectivity index (χ4n) is 2.83. The Labute approximate surface area is 148 Å². The topological polar surface area (TPSA) is 54.3 Å². The molecule has 0 unspecified atom stereocenters. The van der Waals surface area contributed by atoms with Gasteiger partial charge in [-0.25, -0.2) is 0 Å². The van der Waals surface area contributed by atoms with Crippen molar-refractivity contribution in [1.82, 2.24) is 4.90 Å². The third-order valence-electron chi connectivity index (χ3n) is 4.29. The van der Waals surface area contributed by atoms with Crippen molar-refractivity contribution in [2.24, 2.45) is 4.99 Å². The van der Waals surface area contributed by atoms with Crippen LogP contribution >= 0.6 is 0 Å². The summed E-state index contributed by atoms with van der Waals surface area (Å²) in [7, 11) is 1.54. The second-order valence-corrected chi connectivity index (χ2v) is 6.07. The maximum Gasteiger partial charge on any atom is 0.166 e. The summed E-state index contributed by atoms with van der Waals surface area (Å²) in [4.78, 5) is 6.83. The van der Waals surface area contributed by atoms with Crippen LogP contribution in [0.15, 0.2) is 47.5 Å². The smallest absolute Gasteiger partial charge is 0.166 e. The zero-order valence-electron chi connectivity index (χ0n) is 14.5. The normalized spacial score (nSPS) is 15.6. The van der Waals surface area contributed by atoms with Crippen LogP contribution in [-0.4, -0.2) is 49.6 Å². The Kier molecular flexibility index (Phi) is 6.04. The van der Waals surface area contributed by atoms with Gasteiger partial charge >= 0.3 is 0 Å². The molecule has 25 heavy (non-hydrogen) atoms. The van der Waals surface area contributed by atoms with Crippen LogP contribution in [0.5, 0.6) is 11.5 Å². The number of phenols is 1. The molecule has 0 spiro atoms. The molecule has 0 saturated carbocycles. The molecule has 0 aromatic heterocycles. The van der Waals surface area contributed by atoms with Gasteiger partial charge in [0.15, 0.2) is 11.5 Å². The molecule has 1 aliphatic rings. The SMILES string of the molecule is COc1cccc(C=NCc2ccc(CN3CCOCC3)cc2)c1O. The van der Waals surface area contributed by atoms with Gasteiger partial charge in [0.25, 0.3) is 0 Å². The molecular weight excluding hydrogens is 316 g/mol. The zero-order valence-corrected chi connectivity index (χ0v) is 14.5. The van der Waals surface area contributed by atoms with Crippen molar-refractivity contribution in [3.8, 4) is 11.5 Å². The summed E-state index contributed by atoms with van der Waals surface area (Å²) in [6.45, 7) is 5.18. The highest BCUT2D eigenvalue weighted by Gasteiger charge is 2.10. The highest BCUT2D eigenvalue weighted by atomic mass is 16.5. The predicted molar refractivity (Wildman–Crippen MR) is 98.5 cm³/mol. The molecule has 0 amide bonds. The number of ether oxygens (including phenoxy) is 2. The third-order valence-corrected chi connectivity index (χ3v) is 4.29. The van der Waals surface area contributed by atoms with Gasteiger partial charge in [0.2, 0.25) is 0 Å². The first-order valence-corrected chi connectivity index (χ1v) is 8.50. The quantitative estimate of drug-likeness (QED) is 0.822. The Morgan fingerprint density at radius 2 is 1.84 bits per heavy atom. The second kappa shape index (κ2) is 8.65. The van der Waals surface area contributed by atoms with E-state index >= 15 is 0 Å². The van der Waals surface area contributed by atoms with Gasteiger partial charge in [-0.3, -0.25) is 9.89 Å². The number of nitrogens with zero attached hydrogens (tertiary/aromatic N) is 2. The predicted octanol–water partition coefficient (Wildman–Crippen LogP) is 2.85. The lowest BCUT2D eigenvalue weighted by Gasteiger charge is -2.26. The maximum atomic E-state index is 10.0. The van der Waals surface area contributed by atoms with E-state index in [1.807, 2.05) is 12.1 Å². The van der Waals surface area contributed by atoms with Gasteiger partial charge in [0.05, 0.1) is 26.9 Å². The molecule has 5 heteroatoms. The Bertz CT molecular complexity index is 707. The van der Waals surface area contributed by atoms with Crippen LogP contribution in [-0.2, 0) is 17.8 Å². The molecule has 5 nitrogen and oxygen atoms in total. The van der Waals surface area contributed by atoms with Crippen LogP contribution in [0.3, 0.4) is 0 Å². The number of hydrogen-bond donors (Lipinski definition) is 1. The standard InChI is InChI=1S/C20H24N2O3/c1-24-19-4-2-3-18(20(19)23)14-21-13-16-5-7-17(8-6-16)15-22-9-11-25-12-10-22/h2-8,14,23H,9-13,15H2,1H3. The molecule has 1 saturated heterocycles. The molecule has 2 aromatic rings. The summed E-state index contributed by atoms with van der Waals surface area (Å²) >= 11 is 0. The lowest BCUT2D eigenvalue weighted by Crippen LogP contribution is -2.35. The number of morpholine rings is 1. The van der Waals surface area contributed by atoms with Crippen LogP contribution in [0.25, 0.3) is 0 Å². The van der Waals surface area contributed by atoms with Gasteiger partial charge in [-0.2, -0.15) is 0 Å². The average Bonchev–Trinajstić information content (AvgIpc) is 2.65. The summed E-state index contributed by atoms with van der Waals surface area (Å²) in [6, 6.07) is 13.9. The first-order valence-electron chi connectivity index (χ1n) is 8.50. The van der Waals surface area contributed by atoms with Gasteiger partial charge in [-0.05, 0) is 23.3 Å². The molecule has 1 heterocycles. The van der Waals surface area contributed by atoms with Crippen LogP contribution in [0, 0.1) is 0 Å². The van der Waals surface area contributed by atoms with Gasteiger partial charge < -0.3 is 14.6 Å². The van der Waals surface area contributed by atoms with Gasteiger partial charge in [-0.15, -0.1) is 0 Å². The van der Waals surface area contributed by atoms with E-state index in [9.17, 15) is 5.11 Å². The summed E-state index contributed by atoms with van der Waals surface area (Å²) in [5, 5.41) is 10.0. The Balaban J connectivity index is 1.56. The summed E-state index contributed by atoms with van der Waals surface area (Å²) in [5.41, 5.74) is 3.10. The van der Waals surface area contributed by atoms with Crippen LogP contribution in [0.1, 0.15) is 16.7 Å². The molecule has 3 rings (SSSR count). The largest absolute Gasteiger partial charge is 0.504 e. The number of methoxy groups -OCH3 is 1. The van der Waals surface area contributed by atoms with E-state index in [1.165, 1.54) is 12.7 Å².